The van der Waals surface area contributed by atoms with E-state index in [9.17, 15) is 8.78 Å². The third kappa shape index (κ3) is 2.06. The van der Waals surface area contributed by atoms with Crippen LogP contribution in [0.25, 0.3) is 10.4 Å². The number of hydrogen-bond donors (Lipinski definition) is 1. The Bertz CT molecular complexity index is 479. The highest BCUT2D eigenvalue weighted by Gasteiger charge is 2.08. The molecule has 1 aromatic heterocycles. The average Bonchev–Trinajstić information content (AvgIpc) is 2.66. The van der Waals surface area contributed by atoms with Gasteiger partial charge in [0, 0.05) is 23.1 Å². The first-order valence-corrected chi connectivity index (χ1v) is 5.31. The molecule has 0 aliphatic carbocycles. The molecule has 0 fully saturated rings. The summed E-state index contributed by atoms with van der Waals surface area (Å²) in [6.07, 6.45) is 0. The number of benzene rings is 1. The van der Waals surface area contributed by atoms with Gasteiger partial charge in [-0.1, -0.05) is 0 Å². The maximum atomic E-state index is 13.4. The van der Waals surface area contributed by atoms with Crippen molar-refractivity contribution in [3.8, 4) is 10.4 Å². The first kappa shape index (κ1) is 10.3. The van der Waals surface area contributed by atoms with Crippen molar-refractivity contribution >= 4 is 11.3 Å². The second-order valence-corrected chi connectivity index (χ2v) is 4.06. The second kappa shape index (κ2) is 4.08. The van der Waals surface area contributed by atoms with Crippen LogP contribution in [0.4, 0.5) is 8.78 Å². The summed E-state index contributed by atoms with van der Waals surface area (Å²) >= 11 is 1.40. The van der Waals surface area contributed by atoms with Gasteiger partial charge in [-0.2, -0.15) is 0 Å². The summed E-state index contributed by atoms with van der Waals surface area (Å²) in [5.41, 5.74) is 6.83. The van der Waals surface area contributed by atoms with E-state index in [1.165, 1.54) is 23.5 Å². The van der Waals surface area contributed by atoms with Crippen LogP contribution in [-0.2, 0) is 6.54 Å². The van der Waals surface area contributed by atoms with Gasteiger partial charge in [0.2, 0.25) is 0 Å². The first-order valence-electron chi connectivity index (χ1n) is 4.43. The van der Waals surface area contributed by atoms with Crippen molar-refractivity contribution in [2.24, 2.45) is 5.73 Å². The number of nitrogens with two attached hydrogens (primary N) is 1. The molecule has 0 radical (unpaired) electrons. The van der Waals surface area contributed by atoms with E-state index in [2.05, 4.69) is 0 Å². The Hall–Kier alpha value is -1.26. The van der Waals surface area contributed by atoms with Gasteiger partial charge >= 0.3 is 0 Å². The standard InChI is InChI=1S/C11H9F2NS/c12-8-1-2-9(10(13)4-8)11-3-7(5-14)6-15-11/h1-4,6H,5,14H2. The molecule has 2 aromatic rings. The lowest BCUT2D eigenvalue weighted by Gasteiger charge is -1.99. The Balaban J connectivity index is 2.44. The summed E-state index contributed by atoms with van der Waals surface area (Å²) < 4.78 is 26.1. The number of rotatable bonds is 2. The summed E-state index contributed by atoms with van der Waals surface area (Å²) in [4.78, 5) is 0.771. The van der Waals surface area contributed by atoms with Gasteiger partial charge in [-0.15, -0.1) is 11.3 Å². The van der Waals surface area contributed by atoms with Crippen LogP contribution in [0.3, 0.4) is 0 Å². The van der Waals surface area contributed by atoms with Crippen molar-refractivity contribution in [3.05, 3.63) is 46.8 Å². The molecule has 0 spiro atoms. The van der Waals surface area contributed by atoms with E-state index in [0.717, 1.165) is 16.5 Å². The van der Waals surface area contributed by atoms with Gasteiger partial charge in [0.05, 0.1) is 0 Å². The van der Waals surface area contributed by atoms with Crippen LogP contribution in [0.5, 0.6) is 0 Å². The lowest BCUT2D eigenvalue weighted by atomic mass is 10.1. The maximum absolute atomic E-state index is 13.4. The Morgan fingerprint density at radius 2 is 2.00 bits per heavy atom. The number of thiophene rings is 1. The Morgan fingerprint density at radius 1 is 1.20 bits per heavy atom. The summed E-state index contributed by atoms with van der Waals surface area (Å²) in [6, 6.07) is 5.40. The molecule has 1 aromatic carbocycles. The Labute approximate surface area is 90.2 Å². The van der Waals surface area contributed by atoms with Crippen LogP contribution in [0.1, 0.15) is 5.56 Å². The van der Waals surface area contributed by atoms with Crippen LogP contribution in [0.2, 0.25) is 0 Å². The predicted octanol–water partition coefficient (Wildman–Crippen LogP) is 3.15. The highest BCUT2D eigenvalue weighted by molar-refractivity contribution is 7.13. The van der Waals surface area contributed by atoms with Gasteiger partial charge in [-0.05, 0) is 29.1 Å². The van der Waals surface area contributed by atoms with Crippen molar-refractivity contribution in [2.45, 2.75) is 6.54 Å². The van der Waals surface area contributed by atoms with E-state index in [1.807, 2.05) is 11.4 Å². The summed E-state index contributed by atoms with van der Waals surface area (Å²) in [5, 5.41) is 1.87. The zero-order chi connectivity index (χ0) is 10.8. The molecule has 0 saturated carbocycles. The largest absolute Gasteiger partial charge is 0.326 e. The van der Waals surface area contributed by atoms with Crippen molar-refractivity contribution in [1.82, 2.24) is 0 Å². The van der Waals surface area contributed by atoms with E-state index in [-0.39, 0.29) is 0 Å². The molecule has 1 heterocycles. The van der Waals surface area contributed by atoms with Crippen molar-refractivity contribution in [1.29, 1.82) is 0 Å². The summed E-state index contributed by atoms with van der Waals surface area (Å²) in [6.45, 7) is 0.430. The molecule has 78 valence electrons. The average molecular weight is 225 g/mol. The third-order valence-corrected chi connectivity index (χ3v) is 3.10. The molecule has 0 atom stereocenters. The Morgan fingerprint density at radius 3 is 2.60 bits per heavy atom. The van der Waals surface area contributed by atoms with Crippen molar-refractivity contribution in [2.75, 3.05) is 0 Å². The predicted molar refractivity (Wildman–Crippen MR) is 57.6 cm³/mol. The van der Waals surface area contributed by atoms with Crippen LogP contribution >= 0.6 is 11.3 Å². The number of halogens is 2. The van der Waals surface area contributed by atoms with Crippen LogP contribution in [0, 0.1) is 11.6 Å². The van der Waals surface area contributed by atoms with Gasteiger partial charge in [-0.3, -0.25) is 0 Å². The molecule has 0 bridgehead atoms. The third-order valence-electron chi connectivity index (χ3n) is 2.09. The highest BCUT2D eigenvalue weighted by Crippen LogP contribution is 2.29. The fraction of sp³-hybridized carbons (Fsp3) is 0.0909. The summed E-state index contributed by atoms with van der Waals surface area (Å²) in [7, 11) is 0. The Kier molecular flexibility index (Phi) is 2.79. The zero-order valence-corrected chi connectivity index (χ0v) is 8.65. The quantitative estimate of drug-likeness (QED) is 0.834. The molecule has 0 unspecified atom stereocenters. The zero-order valence-electron chi connectivity index (χ0n) is 7.84. The molecule has 2 rings (SSSR count). The minimum absolute atomic E-state index is 0.418. The van der Waals surface area contributed by atoms with Gasteiger partial charge in [-0.25, -0.2) is 8.78 Å². The topological polar surface area (TPSA) is 26.0 Å². The van der Waals surface area contributed by atoms with E-state index in [0.29, 0.717) is 12.1 Å². The smallest absolute Gasteiger partial charge is 0.134 e. The SMILES string of the molecule is NCc1csc(-c2ccc(F)cc2F)c1. The molecule has 0 saturated heterocycles. The molecule has 4 heteroatoms. The number of hydrogen-bond acceptors (Lipinski definition) is 2. The van der Waals surface area contributed by atoms with Crippen LogP contribution in [-0.4, -0.2) is 0 Å². The van der Waals surface area contributed by atoms with Gasteiger partial charge < -0.3 is 5.73 Å². The molecule has 2 N–H and O–H groups in total. The fourth-order valence-electron chi connectivity index (χ4n) is 1.31. The fourth-order valence-corrected chi connectivity index (χ4v) is 2.27. The van der Waals surface area contributed by atoms with Gasteiger partial charge in [0.1, 0.15) is 11.6 Å². The second-order valence-electron chi connectivity index (χ2n) is 3.15. The highest BCUT2D eigenvalue weighted by atomic mass is 32.1. The maximum Gasteiger partial charge on any atom is 0.134 e. The van der Waals surface area contributed by atoms with E-state index in [1.54, 1.807) is 0 Å². The van der Waals surface area contributed by atoms with E-state index in [4.69, 9.17) is 5.73 Å². The first-order chi connectivity index (χ1) is 7.20. The molecule has 15 heavy (non-hydrogen) atoms. The normalized spacial score (nSPS) is 10.6. The lowest BCUT2D eigenvalue weighted by molar-refractivity contribution is 0.586. The van der Waals surface area contributed by atoms with Gasteiger partial charge in [0.25, 0.3) is 0 Å². The minimum atomic E-state index is -0.563. The van der Waals surface area contributed by atoms with Gasteiger partial charge in [0.15, 0.2) is 0 Å². The molecule has 1 nitrogen and oxygen atoms in total. The molecule has 0 aliphatic heterocycles. The molecular formula is C11H9F2NS. The minimum Gasteiger partial charge on any atom is -0.326 e. The summed E-state index contributed by atoms with van der Waals surface area (Å²) in [5.74, 6) is -1.10. The van der Waals surface area contributed by atoms with Crippen LogP contribution in [0.15, 0.2) is 29.6 Å². The molecule has 0 aliphatic rings. The van der Waals surface area contributed by atoms with Crippen molar-refractivity contribution in [3.63, 3.8) is 0 Å². The molecule has 0 amide bonds. The lowest BCUT2D eigenvalue weighted by Crippen LogP contribution is -1.92. The molecular weight excluding hydrogens is 216 g/mol. The van der Waals surface area contributed by atoms with E-state index < -0.39 is 11.6 Å². The van der Waals surface area contributed by atoms with Crippen LogP contribution < -0.4 is 5.73 Å². The monoisotopic (exact) mass is 225 g/mol. The van der Waals surface area contributed by atoms with Crippen molar-refractivity contribution < 1.29 is 8.78 Å². The van der Waals surface area contributed by atoms with E-state index >= 15 is 0 Å².